The summed E-state index contributed by atoms with van der Waals surface area (Å²) in [6, 6.07) is 9.56. The second-order valence-electron chi connectivity index (χ2n) is 6.94. The standard InChI is InChI=1S/C22H22F3IN4O2/c1-3-17(30-21-16(27)9-15(26)11-29-21)14-5-6-18(19(8-14)31-2)32-12-13-4-7-20(28-10-13)22(23,24)25/h4-11,17H,3,12,27H2,1-2H3,(H,29,30). The normalized spacial score (nSPS) is 12.3. The quantitative estimate of drug-likeness (QED) is 0.339. The van der Waals surface area contributed by atoms with E-state index in [0.29, 0.717) is 28.6 Å². The second kappa shape index (κ2) is 10.2. The number of nitrogens with two attached hydrogens (primary N) is 1. The number of methoxy groups -OCH3 is 1. The van der Waals surface area contributed by atoms with Crippen LogP contribution in [0, 0.1) is 3.57 Å². The predicted octanol–water partition coefficient (Wildman–Crippen LogP) is 5.83. The molecular weight excluding hydrogens is 536 g/mol. The van der Waals surface area contributed by atoms with Crippen molar-refractivity contribution in [3.8, 4) is 11.5 Å². The Kier molecular flexibility index (Phi) is 7.64. The summed E-state index contributed by atoms with van der Waals surface area (Å²) in [5.41, 5.74) is 7.15. The number of pyridine rings is 2. The van der Waals surface area contributed by atoms with Crippen LogP contribution in [0.15, 0.2) is 48.8 Å². The van der Waals surface area contributed by atoms with Crippen LogP contribution in [-0.2, 0) is 12.8 Å². The van der Waals surface area contributed by atoms with Crippen LogP contribution >= 0.6 is 22.6 Å². The van der Waals surface area contributed by atoms with Gasteiger partial charge in [-0.05, 0) is 58.8 Å². The molecule has 0 radical (unpaired) electrons. The summed E-state index contributed by atoms with van der Waals surface area (Å²) in [5, 5.41) is 3.35. The van der Waals surface area contributed by atoms with E-state index in [1.165, 1.54) is 13.2 Å². The van der Waals surface area contributed by atoms with E-state index in [9.17, 15) is 13.2 Å². The number of aromatic nitrogens is 2. The van der Waals surface area contributed by atoms with Crippen LogP contribution in [0.4, 0.5) is 24.7 Å². The maximum absolute atomic E-state index is 12.7. The van der Waals surface area contributed by atoms with Crippen molar-refractivity contribution >= 4 is 34.1 Å². The zero-order valence-electron chi connectivity index (χ0n) is 17.4. The Morgan fingerprint density at radius 1 is 1.09 bits per heavy atom. The Labute approximate surface area is 197 Å². The van der Waals surface area contributed by atoms with E-state index in [1.54, 1.807) is 12.3 Å². The number of rotatable bonds is 8. The molecule has 1 unspecified atom stereocenters. The lowest BCUT2D eigenvalue weighted by atomic mass is 10.0. The Morgan fingerprint density at radius 3 is 2.47 bits per heavy atom. The Balaban J connectivity index is 1.73. The van der Waals surface area contributed by atoms with Crippen LogP contribution in [0.25, 0.3) is 0 Å². The summed E-state index contributed by atoms with van der Waals surface area (Å²) >= 11 is 2.15. The average molecular weight is 558 g/mol. The fourth-order valence-electron chi connectivity index (χ4n) is 3.02. The molecule has 0 saturated carbocycles. The maximum Gasteiger partial charge on any atom is 0.433 e. The van der Waals surface area contributed by atoms with Gasteiger partial charge in [0.05, 0.1) is 18.8 Å². The number of alkyl halides is 3. The summed E-state index contributed by atoms with van der Waals surface area (Å²) in [6.45, 7) is 2.09. The highest BCUT2D eigenvalue weighted by molar-refractivity contribution is 14.1. The number of nitrogens with one attached hydrogen (secondary N) is 1. The van der Waals surface area contributed by atoms with E-state index >= 15 is 0 Å². The molecular formula is C22H22F3IN4O2. The zero-order chi connectivity index (χ0) is 23.3. The van der Waals surface area contributed by atoms with Crippen LogP contribution in [0.3, 0.4) is 0 Å². The maximum atomic E-state index is 12.7. The van der Waals surface area contributed by atoms with Crippen LogP contribution in [0.1, 0.15) is 36.2 Å². The summed E-state index contributed by atoms with van der Waals surface area (Å²) in [6.07, 6.45) is -0.812. The number of hydrogen-bond acceptors (Lipinski definition) is 6. The highest BCUT2D eigenvalue weighted by Gasteiger charge is 2.32. The first-order chi connectivity index (χ1) is 15.2. The highest BCUT2D eigenvalue weighted by Crippen LogP contribution is 2.34. The van der Waals surface area contributed by atoms with Crippen LogP contribution in [0.2, 0.25) is 0 Å². The van der Waals surface area contributed by atoms with E-state index in [-0.39, 0.29) is 12.6 Å². The van der Waals surface area contributed by atoms with E-state index in [0.717, 1.165) is 27.8 Å². The van der Waals surface area contributed by atoms with Crippen molar-refractivity contribution in [3.63, 3.8) is 0 Å². The molecule has 3 N–H and O–H groups in total. The lowest BCUT2D eigenvalue weighted by Gasteiger charge is -2.21. The first-order valence-electron chi connectivity index (χ1n) is 9.71. The molecule has 2 heterocycles. The van der Waals surface area contributed by atoms with Gasteiger partial charge >= 0.3 is 6.18 Å². The van der Waals surface area contributed by atoms with Crippen LogP contribution in [-0.4, -0.2) is 17.1 Å². The molecule has 1 atom stereocenters. The van der Waals surface area contributed by atoms with Gasteiger partial charge in [-0.2, -0.15) is 13.2 Å². The third kappa shape index (κ3) is 5.93. The molecule has 0 aliphatic rings. The largest absolute Gasteiger partial charge is 0.493 e. The van der Waals surface area contributed by atoms with E-state index in [2.05, 4.69) is 37.9 Å². The molecule has 0 aliphatic carbocycles. The summed E-state index contributed by atoms with van der Waals surface area (Å²) in [4.78, 5) is 7.80. The molecule has 0 aliphatic heterocycles. The molecule has 1 aromatic carbocycles. The third-order valence-corrected chi connectivity index (χ3v) is 5.29. The lowest BCUT2D eigenvalue weighted by Crippen LogP contribution is -2.13. The number of nitrogens with zero attached hydrogens (tertiary/aromatic N) is 2. The van der Waals surface area contributed by atoms with Crippen molar-refractivity contribution in [2.75, 3.05) is 18.2 Å². The smallest absolute Gasteiger partial charge is 0.433 e. The van der Waals surface area contributed by atoms with Crippen molar-refractivity contribution in [1.82, 2.24) is 9.97 Å². The van der Waals surface area contributed by atoms with Gasteiger partial charge in [-0.15, -0.1) is 0 Å². The molecule has 0 spiro atoms. The van der Waals surface area contributed by atoms with Gasteiger partial charge in [-0.1, -0.05) is 19.1 Å². The topological polar surface area (TPSA) is 82.3 Å². The minimum absolute atomic E-state index is 0.0550. The van der Waals surface area contributed by atoms with Crippen molar-refractivity contribution in [1.29, 1.82) is 0 Å². The second-order valence-corrected chi connectivity index (χ2v) is 8.19. The number of hydrogen-bond donors (Lipinski definition) is 2. The van der Waals surface area contributed by atoms with E-state index in [1.807, 2.05) is 25.1 Å². The van der Waals surface area contributed by atoms with Crippen molar-refractivity contribution in [3.05, 3.63) is 69.2 Å². The van der Waals surface area contributed by atoms with E-state index in [4.69, 9.17) is 15.2 Å². The molecule has 0 fully saturated rings. The van der Waals surface area contributed by atoms with Gasteiger partial charge in [0.25, 0.3) is 0 Å². The van der Waals surface area contributed by atoms with Crippen molar-refractivity contribution in [2.24, 2.45) is 0 Å². The number of anilines is 2. The van der Waals surface area contributed by atoms with Gasteiger partial charge in [-0.3, -0.25) is 4.98 Å². The lowest BCUT2D eigenvalue weighted by molar-refractivity contribution is -0.141. The molecule has 0 saturated heterocycles. The van der Waals surface area contributed by atoms with Gasteiger partial charge < -0.3 is 20.5 Å². The zero-order valence-corrected chi connectivity index (χ0v) is 19.6. The van der Waals surface area contributed by atoms with Gasteiger partial charge in [0.15, 0.2) is 11.5 Å². The Bertz CT molecular complexity index is 1060. The highest BCUT2D eigenvalue weighted by atomic mass is 127. The van der Waals surface area contributed by atoms with Gasteiger partial charge in [0.1, 0.15) is 18.1 Å². The molecule has 2 aromatic heterocycles. The monoisotopic (exact) mass is 558 g/mol. The van der Waals surface area contributed by atoms with Crippen molar-refractivity contribution in [2.45, 2.75) is 32.2 Å². The predicted molar refractivity (Wildman–Crippen MR) is 125 cm³/mol. The molecule has 10 heteroatoms. The molecule has 32 heavy (non-hydrogen) atoms. The first-order valence-corrected chi connectivity index (χ1v) is 10.8. The van der Waals surface area contributed by atoms with E-state index < -0.39 is 11.9 Å². The minimum atomic E-state index is -4.47. The molecule has 3 rings (SSSR count). The molecule has 170 valence electrons. The first kappa shape index (κ1) is 23.9. The Morgan fingerprint density at radius 2 is 1.88 bits per heavy atom. The fourth-order valence-corrected chi connectivity index (χ4v) is 3.50. The molecule has 0 amide bonds. The minimum Gasteiger partial charge on any atom is -0.493 e. The molecule has 0 bridgehead atoms. The van der Waals surface area contributed by atoms with Crippen LogP contribution < -0.4 is 20.5 Å². The SMILES string of the molecule is CCC(Nc1ncc(I)cc1N)c1ccc(OCc2ccc(C(F)(F)F)nc2)c(OC)c1. The number of halogens is 4. The van der Waals surface area contributed by atoms with Crippen molar-refractivity contribution < 1.29 is 22.6 Å². The summed E-state index contributed by atoms with van der Waals surface area (Å²) < 4.78 is 50.1. The van der Waals surface area contributed by atoms with Crippen LogP contribution in [0.5, 0.6) is 11.5 Å². The number of nitrogen functional groups attached to an aromatic ring is 1. The van der Waals surface area contributed by atoms with Gasteiger partial charge in [0, 0.05) is 21.5 Å². The summed E-state index contributed by atoms with van der Waals surface area (Å²) in [5.74, 6) is 1.58. The van der Waals surface area contributed by atoms with Gasteiger partial charge in [-0.25, -0.2) is 4.98 Å². The Hall–Kier alpha value is -2.76. The molecule has 6 nitrogen and oxygen atoms in total. The number of ether oxygens (including phenoxy) is 2. The number of benzene rings is 1. The summed E-state index contributed by atoms with van der Waals surface area (Å²) in [7, 11) is 1.53. The fraction of sp³-hybridized carbons (Fsp3) is 0.273. The van der Waals surface area contributed by atoms with Gasteiger partial charge in [0.2, 0.25) is 0 Å². The third-order valence-electron chi connectivity index (χ3n) is 4.70. The average Bonchev–Trinajstić information content (AvgIpc) is 2.77. The molecule has 3 aromatic rings.